The number of fused-ring (bicyclic) bond motifs is 1. The molecular formula is C15H17BrO2. The minimum Gasteiger partial charge on any atom is -0.494 e. The Bertz CT molecular complexity index is 473. The van der Waals surface area contributed by atoms with Crippen LogP contribution < -0.4 is 4.74 Å². The molecule has 0 amide bonds. The van der Waals surface area contributed by atoms with Crippen LogP contribution in [0, 0.1) is 17.8 Å². The summed E-state index contributed by atoms with van der Waals surface area (Å²) in [7, 11) is 0. The van der Waals surface area contributed by atoms with Crippen molar-refractivity contribution in [3.8, 4) is 5.75 Å². The smallest absolute Gasteiger partial charge is 0.167 e. The lowest BCUT2D eigenvalue weighted by molar-refractivity contribution is 0.0951. The normalized spacial score (nSPS) is 28.9. The first-order valence-electron chi connectivity index (χ1n) is 6.69. The molecule has 1 aromatic rings. The van der Waals surface area contributed by atoms with Crippen molar-refractivity contribution in [2.45, 2.75) is 26.2 Å². The van der Waals surface area contributed by atoms with E-state index in [4.69, 9.17) is 4.74 Å². The van der Waals surface area contributed by atoms with Crippen molar-refractivity contribution in [3.05, 3.63) is 28.2 Å². The van der Waals surface area contributed by atoms with Crippen molar-refractivity contribution >= 4 is 21.7 Å². The van der Waals surface area contributed by atoms with Gasteiger partial charge in [0.1, 0.15) is 5.75 Å². The van der Waals surface area contributed by atoms with E-state index in [0.717, 1.165) is 15.8 Å². The van der Waals surface area contributed by atoms with Crippen LogP contribution in [0.25, 0.3) is 0 Å². The monoisotopic (exact) mass is 308 g/mol. The number of benzene rings is 1. The van der Waals surface area contributed by atoms with Crippen LogP contribution in [-0.2, 0) is 0 Å². The fourth-order valence-electron chi connectivity index (χ4n) is 3.34. The number of halogens is 1. The summed E-state index contributed by atoms with van der Waals surface area (Å²) in [5.74, 6) is 2.79. The van der Waals surface area contributed by atoms with Gasteiger partial charge in [-0.05, 0) is 65.7 Å². The van der Waals surface area contributed by atoms with Crippen LogP contribution in [0.5, 0.6) is 5.75 Å². The van der Waals surface area contributed by atoms with Gasteiger partial charge in [-0.15, -0.1) is 0 Å². The van der Waals surface area contributed by atoms with Gasteiger partial charge >= 0.3 is 0 Å². The van der Waals surface area contributed by atoms with E-state index in [2.05, 4.69) is 15.9 Å². The van der Waals surface area contributed by atoms with E-state index in [1.807, 2.05) is 25.1 Å². The molecule has 2 nitrogen and oxygen atoms in total. The standard InChI is InChI=1S/C15H17BrO2/c1-2-18-9-6-7-12(13(16)8-9)15(17)14-10-4-3-5-11(10)14/h6-8,10-11,14H,2-5H2,1H3. The summed E-state index contributed by atoms with van der Waals surface area (Å²) in [6.07, 6.45) is 3.80. The Kier molecular flexibility index (Phi) is 3.18. The Morgan fingerprint density at radius 2 is 2.11 bits per heavy atom. The van der Waals surface area contributed by atoms with Crippen molar-refractivity contribution in [3.63, 3.8) is 0 Å². The Morgan fingerprint density at radius 1 is 1.39 bits per heavy atom. The van der Waals surface area contributed by atoms with E-state index in [1.165, 1.54) is 19.3 Å². The fourth-order valence-corrected chi connectivity index (χ4v) is 3.90. The number of carbonyl (C=O) groups is 1. The van der Waals surface area contributed by atoms with Crippen LogP contribution in [0.1, 0.15) is 36.5 Å². The lowest BCUT2D eigenvalue weighted by atomic mass is 10.0. The van der Waals surface area contributed by atoms with Crippen LogP contribution in [0.15, 0.2) is 22.7 Å². The summed E-state index contributed by atoms with van der Waals surface area (Å²) in [5.41, 5.74) is 0.817. The number of Topliss-reactive ketones (excluding diaryl/α,β-unsaturated/α-hetero) is 1. The average molecular weight is 309 g/mol. The van der Waals surface area contributed by atoms with E-state index in [-0.39, 0.29) is 0 Å². The van der Waals surface area contributed by atoms with Gasteiger partial charge in [-0.2, -0.15) is 0 Å². The Hall–Kier alpha value is -0.830. The first-order valence-corrected chi connectivity index (χ1v) is 7.48. The molecule has 18 heavy (non-hydrogen) atoms. The second kappa shape index (κ2) is 4.69. The summed E-state index contributed by atoms with van der Waals surface area (Å²) >= 11 is 3.49. The molecule has 2 aliphatic carbocycles. The van der Waals surface area contributed by atoms with Crippen molar-refractivity contribution in [2.75, 3.05) is 6.61 Å². The van der Waals surface area contributed by atoms with Gasteiger partial charge in [0, 0.05) is 16.0 Å². The number of hydrogen-bond acceptors (Lipinski definition) is 2. The van der Waals surface area contributed by atoms with Crippen LogP contribution >= 0.6 is 15.9 Å². The minimum absolute atomic E-state index is 0.299. The maximum atomic E-state index is 12.4. The van der Waals surface area contributed by atoms with Crippen LogP contribution in [0.2, 0.25) is 0 Å². The maximum Gasteiger partial charge on any atom is 0.167 e. The van der Waals surface area contributed by atoms with E-state index in [9.17, 15) is 4.79 Å². The van der Waals surface area contributed by atoms with Crippen molar-refractivity contribution < 1.29 is 9.53 Å². The van der Waals surface area contributed by atoms with Crippen molar-refractivity contribution in [2.24, 2.45) is 17.8 Å². The molecule has 0 N–H and O–H groups in total. The number of hydrogen-bond donors (Lipinski definition) is 0. The molecule has 3 rings (SSSR count). The van der Waals surface area contributed by atoms with Gasteiger partial charge in [-0.3, -0.25) is 4.79 Å². The second-order valence-corrected chi connectivity index (χ2v) is 6.08. The van der Waals surface area contributed by atoms with E-state index >= 15 is 0 Å². The highest BCUT2D eigenvalue weighted by atomic mass is 79.9. The van der Waals surface area contributed by atoms with E-state index in [1.54, 1.807) is 0 Å². The molecular weight excluding hydrogens is 292 g/mol. The fraction of sp³-hybridized carbons (Fsp3) is 0.533. The third-order valence-electron chi connectivity index (χ3n) is 4.23. The number of rotatable bonds is 4. The Labute approximate surface area is 116 Å². The molecule has 0 heterocycles. The summed E-state index contributed by atoms with van der Waals surface area (Å²) in [4.78, 5) is 12.4. The molecule has 0 aromatic heterocycles. The minimum atomic E-state index is 0.299. The predicted molar refractivity (Wildman–Crippen MR) is 74.0 cm³/mol. The summed E-state index contributed by atoms with van der Waals surface area (Å²) in [6, 6.07) is 5.68. The topological polar surface area (TPSA) is 26.3 Å². The largest absolute Gasteiger partial charge is 0.494 e. The van der Waals surface area contributed by atoms with Gasteiger partial charge in [0.05, 0.1) is 6.61 Å². The third-order valence-corrected chi connectivity index (χ3v) is 4.88. The highest BCUT2D eigenvalue weighted by Gasteiger charge is 2.56. The lowest BCUT2D eigenvalue weighted by Crippen LogP contribution is -2.07. The molecule has 2 fully saturated rings. The Morgan fingerprint density at radius 3 is 2.72 bits per heavy atom. The molecule has 96 valence electrons. The van der Waals surface area contributed by atoms with Crippen molar-refractivity contribution in [1.29, 1.82) is 0 Å². The third kappa shape index (κ3) is 1.99. The average Bonchev–Trinajstić information content (AvgIpc) is 2.82. The first kappa shape index (κ1) is 12.2. The quantitative estimate of drug-likeness (QED) is 0.784. The summed E-state index contributed by atoms with van der Waals surface area (Å²) < 4.78 is 6.30. The van der Waals surface area contributed by atoms with E-state index < -0.39 is 0 Å². The molecule has 1 aromatic carbocycles. The highest BCUT2D eigenvalue weighted by Crippen LogP contribution is 2.58. The Balaban J connectivity index is 1.78. The SMILES string of the molecule is CCOc1ccc(C(=O)C2C3CCCC32)c(Br)c1. The zero-order chi connectivity index (χ0) is 12.7. The summed E-state index contributed by atoms with van der Waals surface area (Å²) in [5, 5.41) is 0. The van der Waals surface area contributed by atoms with Gasteiger partial charge in [0.25, 0.3) is 0 Å². The molecule has 3 heteroatoms. The molecule has 0 bridgehead atoms. The molecule has 2 atom stereocenters. The molecule has 2 saturated carbocycles. The molecule has 0 saturated heterocycles. The summed E-state index contributed by atoms with van der Waals surface area (Å²) in [6.45, 7) is 2.60. The highest BCUT2D eigenvalue weighted by molar-refractivity contribution is 9.10. The molecule has 0 aliphatic heterocycles. The maximum absolute atomic E-state index is 12.4. The molecule has 2 aliphatic rings. The molecule has 0 spiro atoms. The molecule has 0 radical (unpaired) electrons. The van der Waals surface area contributed by atoms with Gasteiger partial charge in [0.2, 0.25) is 0 Å². The van der Waals surface area contributed by atoms with Gasteiger partial charge in [0.15, 0.2) is 5.78 Å². The predicted octanol–water partition coefficient (Wildman–Crippen LogP) is 4.08. The first-order chi connectivity index (χ1) is 8.72. The number of ketones is 1. The van der Waals surface area contributed by atoms with Crippen LogP contribution in [0.4, 0.5) is 0 Å². The zero-order valence-electron chi connectivity index (χ0n) is 10.5. The van der Waals surface area contributed by atoms with Gasteiger partial charge in [-0.1, -0.05) is 6.42 Å². The second-order valence-electron chi connectivity index (χ2n) is 5.22. The van der Waals surface area contributed by atoms with Gasteiger partial charge in [-0.25, -0.2) is 0 Å². The molecule has 2 unspecified atom stereocenters. The van der Waals surface area contributed by atoms with Gasteiger partial charge < -0.3 is 4.74 Å². The van der Waals surface area contributed by atoms with Crippen LogP contribution in [0.3, 0.4) is 0 Å². The van der Waals surface area contributed by atoms with Crippen LogP contribution in [-0.4, -0.2) is 12.4 Å². The lowest BCUT2D eigenvalue weighted by Gasteiger charge is -2.08. The van der Waals surface area contributed by atoms with Crippen molar-refractivity contribution in [1.82, 2.24) is 0 Å². The van der Waals surface area contributed by atoms with E-state index in [0.29, 0.717) is 30.1 Å². The number of carbonyl (C=O) groups excluding carboxylic acids is 1. The number of ether oxygens (including phenoxy) is 1. The zero-order valence-corrected chi connectivity index (χ0v) is 12.1.